The maximum absolute atomic E-state index is 13.1. The van der Waals surface area contributed by atoms with Crippen molar-refractivity contribution in [2.24, 2.45) is 0 Å². The predicted octanol–water partition coefficient (Wildman–Crippen LogP) is 3.42. The quantitative estimate of drug-likeness (QED) is 0.472. The lowest BCUT2D eigenvalue weighted by Crippen LogP contribution is -2.16. The zero-order valence-corrected chi connectivity index (χ0v) is 14.6. The van der Waals surface area contributed by atoms with Gasteiger partial charge >= 0.3 is 0 Å². The molecule has 0 spiro atoms. The number of hydrogen-bond donors (Lipinski definition) is 3. The normalized spacial score (nSPS) is 10.9. The number of phenolic OH excluding ortho intramolecular Hbond substituents is 3. The molecule has 140 valence electrons. The van der Waals surface area contributed by atoms with Crippen molar-refractivity contribution >= 4 is 16.9 Å². The second-order valence-electron chi connectivity index (χ2n) is 6.12. The van der Waals surface area contributed by atoms with Crippen LogP contribution in [0.15, 0.2) is 66.7 Å². The van der Waals surface area contributed by atoms with E-state index in [4.69, 9.17) is 4.74 Å². The number of benzene rings is 3. The minimum absolute atomic E-state index is 0.00286. The van der Waals surface area contributed by atoms with Gasteiger partial charge in [0.05, 0.1) is 11.0 Å². The highest BCUT2D eigenvalue weighted by Crippen LogP contribution is 2.36. The summed E-state index contributed by atoms with van der Waals surface area (Å²) in [5, 5.41) is 29.0. The van der Waals surface area contributed by atoms with Gasteiger partial charge in [-0.25, -0.2) is 4.98 Å². The van der Waals surface area contributed by atoms with Crippen molar-refractivity contribution in [1.82, 2.24) is 9.55 Å². The average molecular weight is 376 g/mol. The lowest BCUT2D eigenvalue weighted by molar-refractivity contribution is 0.0955. The number of aromatic nitrogens is 2. The minimum atomic E-state index is -0.681. The summed E-state index contributed by atoms with van der Waals surface area (Å²) in [6.45, 7) is 0.0421. The Kier molecular flexibility index (Phi) is 4.33. The topological polar surface area (TPSA) is 105 Å². The Bertz CT molecular complexity index is 1150. The molecule has 4 aromatic rings. The number of carbonyl (C=O) groups excluding carboxylic acids is 1. The van der Waals surface area contributed by atoms with Crippen LogP contribution in [0.2, 0.25) is 0 Å². The van der Waals surface area contributed by atoms with Crippen LogP contribution >= 0.6 is 0 Å². The van der Waals surface area contributed by atoms with Gasteiger partial charge in [-0.15, -0.1) is 0 Å². The van der Waals surface area contributed by atoms with E-state index in [0.717, 1.165) is 12.1 Å². The van der Waals surface area contributed by atoms with Crippen molar-refractivity contribution in [2.45, 2.75) is 6.61 Å². The number of rotatable bonds is 4. The zero-order valence-electron chi connectivity index (χ0n) is 14.6. The van der Waals surface area contributed by atoms with Crippen molar-refractivity contribution in [3.63, 3.8) is 0 Å². The van der Waals surface area contributed by atoms with E-state index in [9.17, 15) is 20.1 Å². The van der Waals surface area contributed by atoms with Gasteiger partial charge in [-0.05, 0) is 36.4 Å². The molecule has 0 bridgehead atoms. The molecule has 3 N–H and O–H groups in total. The van der Waals surface area contributed by atoms with Crippen LogP contribution in [-0.2, 0) is 6.61 Å². The number of ether oxygens (including phenoxy) is 1. The second-order valence-corrected chi connectivity index (χ2v) is 6.12. The van der Waals surface area contributed by atoms with Crippen molar-refractivity contribution in [1.29, 1.82) is 0 Å². The highest BCUT2D eigenvalue weighted by Gasteiger charge is 2.21. The standard InChI is InChI=1S/C21H16N2O5/c24-17-10-13(11-18(25)20(17)26)21(27)23-16-9-5-4-8-15(16)22-19(23)12-28-14-6-2-1-3-7-14/h1-11,24-26H,12H2. The number of aromatic hydroxyl groups is 3. The Morgan fingerprint density at radius 1 is 0.929 bits per heavy atom. The first-order chi connectivity index (χ1) is 13.5. The number of hydrogen-bond acceptors (Lipinski definition) is 6. The molecule has 0 unspecified atom stereocenters. The van der Waals surface area contributed by atoms with Crippen LogP contribution in [-0.4, -0.2) is 30.8 Å². The summed E-state index contributed by atoms with van der Waals surface area (Å²) in [6.07, 6.45) is 0. The third-order valence-corrected chi connectivity index (χ3v) is 4.26. The van der Waals surface area contributed by atoms with E-state index in [0.29, 0.717) is 22.6 Å². The first kappa shape index (κ1) is 17.4. The predicted molar refractivity (Wildman–Crippen MR) is 102 cm³/mol. The molecule has 1 aromatic heterocycles. The molecular weight excluding hydrogens is 360 g/mol. The summed E-state index contributed by atoms with van der Waals surface area (Å²) < 4.78 is 7.11. The Hall–Kier alpha value is -4.00. The zero-order chi connectivity index (χ0) is 19.7. The molecule has 3 aromatic carbocycles. The highest BCUT2D eigenvalue weighted by molar-refractivity contribution is 6.02. The minimum Gasteiger partial charge on any atom is -0.504 e. The summed E-state index contributed by atoms with van der Waals surface area (Å²) >= 11 is 0. The van der Waals surface area contributed by atoms with Crippen LogP contribution < -0.4 is 4.74 Å². The van der Waals surface area contributed by atoms with E-state index in [1.165, 1.54) is 4.57 Å². The Morgan fingerprint density at radius 2 is 1.57 bits per heavy atom. The van der Waals surface area contributed by atoms with E-state index < -0.39 is 23.2 Å². The summed E-state index contributed by atoms with van der Waals surface area (Å²) in [5.74, 6) is -1.38. The van der Waals surface area contributed by atoms with Crippen LogP contribution in [0.1, 0.15) is 16.2 Å². The summed E-state index contributed by atoms with van der Waals surface area (Å²) in [5.41, 5.74) is 1.16. The molecule has 28 heavy (non-hydrogen) atoms. The maximum Gasteiger partial charge on any atom is 0.264 e. The number of fused-ring (bicyclic) bond motifs is 1. The molecule has 7 heteroatoms. The van der Waals surface area contributed by atoms with Crippen LogP contribution in [0.3, 0.4) is 0 Å². The Morgan fingerprint density at radius 3 is 2.29 bits per heavy atom. The number of nitrogens with zero attached hydrogens (tertiary/aromatic N) is 2. The van der Waals surface area contributed by atoms with E-state index in [1.807, 2.05) is 24.3 Å². The van der Waals surface area contributed by atoms with E-state index in [2.05, 4.69) is 4.98 Å². The molecule has 0 radical (unpaired) electrons. The third kappa shape index (κ3) is 3.09. The molecule has 0 fully saturated rings. The van der Waals surface area contributed by atoms with Crippen molar-refractivity contribution < 1.29 is 24.9 Å². The van der Waals surface area contributed by atoms with Crippen molar-refractivity contribution in [3.8, 4) is 23.0 Å². The summed E-state index contributed by atoms with van der Waals surface area (Å²) in [6, 6.07) is 18.4. The fourth-order valence-electron chi connectivity index (χ4n) is 2.92. The molecule has 0 aliphatic heterocycles. The van der Waals surface area contributed by atoms with Gasteiger partial charge in [0.2, 0.25) is 0 Å². The van der Waals surface area contributed by atoms with Crippen LogP contribution in [0, 0.1) is 0 Å². The lowest BCUT2D eigenvalue weighted by Gasteiger charge is -2.11. The third-order valence-electron chi connectivity index (χ3n) is 4.26. The van der Waals surface area contributed by atoms with Gasteiger partial charge in [0.25, 0.3) is 5.91 Å². The largest absolute Gasteiger partial charge is 0.504 e. The molecule has 0 saturated heterocycles. The number of carbonyl (C=O) groups is 1. The van der Waals surface area contributed by atoms with Gasteiger partial charge in [0.15, 0.2) is 23.1 Å². The monoisotopic (exact) mass is 376 g/mol. The highest BCUT2D eigenvalue weighted by atomic mass is 16.5. The fourth-order valence-corrected chi connectivity index (χ4v) is 2.92. The van der Waals surface area contributed by atoms with Gasteiger partial charge in [-0.2, -0.15) is 0 Å². The second kappa shape index (κ2) is 6.96. The molecule has 0 aliphatic carbocycles. The van der Waals surface area contributed by atoms with Gasteiger partial charge < -0.3 is 20.1 Å². The molecule has 0 saturated carbocycles. The number of imidazole rings is 1. The lowest BCUT2D eigenvalue weighted by atomic mass is 10.1. The van der Waals surface area contributed by atoms with Gasteiger partial charge in [0.1, 0.15) is 12.4 Å². The number of phenols is 3. The van der Waals surface area contributed by atoms with Gasteiger partial charge in [0, 0.05) is 5.56 Å². The van der Waals surface area contributed by atoms with E-state index in [-0.39, 0.29) is 12.2 Å². The van der Waals surface area contributed by atoms with Gasteiger partial charge in [-0.1, -0.05) is 30.3 Å². The number of para-hydroxylation sites is 3. The summed E-state index contributed by atoms with van der Waals surface area (Å²) in [4.78, 5) is 17.6. The molecule has 4 rings (SSSR count). The fraction of sp³-hybridized carbons (Fsp3) is 0.0476. The van der Waals surface area contributed by atoms with Crippen molar-refractivity contribution in [2.75, 3.05) is 0 Å². The van der Waals surface area contributed by atoms with E-state index >= 15 is 0 Å². The SMILES string of the molecule is O=C(c1cc(O)c(O)c(O)c1)n1c(COc2ccccc2)nc2ccccc21. The smallest absolute Gasteiger partial charge is 0.264 e. The Labute approximate surface area is 159 Å². The molecule has 7 nitrogen and oxygen atoms in total. The molecule has 0 amide bonds. The van der Waals surface area contributed by atoms with Crippen LogP contribution in [0.5, 0.6) is 23.0 Å². The average Bonchev–Trinajstić information content (AvgIpc) is 3.08. The first-order valence-electron chi connectivity index (χ1n) is 8.48. The molecule has 0 atom stereocenters. The van der Waals surface area contributed by atoms with E-state index in [1.54, 1.807) is 30.3 Å². The Balaban J connectivity index is 1.77. The van der Waals surface area contributed by atoms with Crippen LogP contribution in [0.4, 0.5) is 0 Å². The molecular formula is C21H16N2O5. The maximum atomic E-state index is 13.1. The molecule has 0 aliphatic rings. The summed E-state index contributed by atoms with van der Waals surface area (Å²) in [7, 11) is 0. The first-order valence-corrected chi connectivity index (χ1v) is 8.48. The van der Waals surface area contributed by atoms with Crippen LogP contribution in [0.25, 0.3) is 11.0 Å². The molecule has 1 heterocycles. The van der Waals surface area contributed by atoms with Gasteiger partial charge in [-0.3, -0.25) is 9.36 Å². The van der Waals surface area contributed by atoms with Crippen molar-refractivity contribution in [3.05, 3.63) is 78.1 Å².